The van der Waals surface area contributed by atoms with Crippen LogP contribution in [0.15, 0.2) is 0 Å². The second kappa shape index (κ2) is 17.0. The minimum atomic E-state index is -1.99. The zero-order valence-corrected chi connectivity index (χ0v) is 32.9. The number of carbonyl (C=O) groups is 2. The molecule has 0 spiro atoms. The maximum Gasteiger partial charge on any atom is 0.311 e. The van der Waals surface area contributed by atoms with Crippen LogP contribution >= 0.6 is 0 Å². The molecule has 0 radical (unpaired) electrons. The number of hydrogen-bond donors (Lipinski definition) is 5. The topological polar surface area (TPSA) is 194 Å². The molecule has 14 nitrogen and oxygen atoms in total. The third-order valence-electron chi connectivity index (χ3n) is 11.8. The van der Waals surface area contributed by atoms with E-state index in [2.05, 4.69) is 0 Å². The number of nitrogens with zero attached hydrogens (tertiary/aromatic N) is 1. The molecular weight excluding hydrogens is 666 g/mol. The number of methoxy groups -OCH3 is 1. The number of likely N-dealkylation sites (N-methyl/N-ethyl adjacent to an activating group) is 1. The predicted octanol–water partition coefficient (Wildman–Crippen LogP) is 1.79. The molecule has 298 valence electrons. The molecule has 0 aromatic carbocycles. The molecule has 0 bridgehead atoms. The summed E-state index contributed by atoms with van der Waals surface area (Å²) in [6, 6.07) is -0.324. The number of ether oxygens (including phenoxy) is 6. The van der Waals surface area contributed by atoms with Crippen molar-refractivity contribution in [3.8, 4) is 0 Å². The zero-order valence-electron chi connectivity index (χ0n) is 32.9. The summed E-state index contributed by atoms with van der Waals surface area (Å²) in [5.41, 5.74) is -4.84. The van der Waals surface area contributed by atoms with Gasteiger partial charge in [0.25, 0.3) is 0 Å². The van der Waals surface area contributed by atoms with Gasteiger partial charge < -0.3 is 58.9 Å². The average Bonchev–Trinajstić information content (AvgIpc) is 3.05. The highest BCUT2D eigenvalue weighted by Crippen LogP contribution is 2.40. The van der Waals surface area contributed by atoms with Crippen molar-refractivity contribution >= 4 is 11.8 Å². The first-order chi connectivity index (χ1) is 23.4. The number of esters is 1. The SMILES string of the molecule is CC[C@H]1OC(=O)[C@H](C)[C@@H](O[C@H]2CC(C)(OC)[C@@H](O)[C@@H](C)O2)[C@H](C)[C@@H](O[C@@H]2OC(C)CC(N(C)C)C2O)[C@](C)(O)C[C@@H](C)C(=O)[C@H](C)[C@@H](O)[C@]1(C)O. The second-order valence-electron chi connectivity index (χ2n) is 16.5. The lowest BCUT2D eigenvalue weighted by atomic mass is 9.74. The number of carbonyl (C=O) groups excluding carboxylic acids is 2. The number of rotatable bonds is 7. The molecule has 0 saturated carbocycles. The molecule has 4 unspecified atom stereocenters. The lowest BCUT2D eigenvalue weighted by molar-refractivity contribution is -0.318. The third-order valence-corrected chi connectivity index (χ3v) is 11.8. The summed E-state index contributed by atoms with van der Waals surface area (Å²) in [6.45, 7) is 16.3. The predicted molar refractivity (Wildman–Crippen MR) is 186 cm³/mol. The number of Topliss-reactive ketones (excluding diaryl/α,β-unsaturated/α-hetero) is 1. The Morgan fingerprint density at radius 3 is 2.04 bits per heavy atom. The van der Waals surface area contributed by atoms with E-state index in [-0.39, 0.29) is 31.4 Å². The van der Waals surface area contributed by atoms with Gasteiger partial charge in [0.1, 0.15) is 29.7 Å². The second-order valence-corrected chi connectivity index (χ2v) is 16.5. The van der Waals surface area contributed by atoms with Gasteiger partial charge in [-0.15, -0.1) is 0 Å². The summed E-state index contributed by atoms with van der Waals surface area (Å²) in [6.07, 6.45) is -9.71. The number of aliphatic hydroxyl groups excluding tert-OH is 3. The fraction of sp³-hybridized carbons (Fsp3) is 0.946. The molecule has 0 aliphatic carbocycles. The van der Waals surface area contributed by atoms with Gasteiger partial charge in [0.2, 0.25) is 0 Å². The Morgan fingerprint density at radius 2 is 1.49 bits per heavy atom. The molecule has 18 atom stereocenters. The van der Waals surface area contributed by atoms with Gasteiger partial charge in [-0.3, -0.25) is 9.59 Å². The van der Waals surface area contributed by atoms with E-state index in [9.17, 15) is 35.1 Å². The first-order valence-corrected chi connectivity index (χ1v) is 18.5. The van der Waals surface area contributed by atoms with Crippen LogP contribution in [0, 0.1) is 23.7 Å². The zero-order chi connectivity index (χ0) is 39.0. The summed E-state index contributed by atoms with van der Waals surface area (Å²) < 4.78 is 37.1. The number of hydrogen-bond acceptors (Lipinski definition) is 14. The number of cyclic esters (lactones) is 1. The van der Waals surface area contributed by atoms with Crippen LogP contribution in [0.3, 0.4) is 0 Å². The van der Waals surface area contributed by atoms with Gasteiger partial charge in [-0.2, -0.15) is 0 Å². The molecule has 0 aromatic heterocycles. The van der Waals surface area contributed by atoms with Gasteiger partial charge in [-0.25, -0.2) is 0 Å². The Kier molecular flexibility index (Phi) is 14.7. The largest absolute Gasteiger partial charge is 0.459 e. The Morgan fingerprint density at radius 1 is 0.882 bits per heavy atom. The molecule has 14 heteroatoms. The Bertz CT molecular complexity index is 1170. The summed E-state index contributed by atoms with van der Waals surface area (Å²) >= 11 is 0. The molecule has 51 heavy (non-hydrogen) atoms. The van der Waals surface area contributed by atoms with E-state index in [1.54, 1.807) is 41.5 Å². The molecule has 3 aliphatic heterocycles. The Balaban J connectivity index is 2.18. The van der Waals surface area contributed by atoms with E-state index in [4.69, 9.17) is 28.4 Å². The van der Waals surface area contributed by atoms with Crippen LogP contribution in [0.25, 0.3) is 0 Å². The minimum Gasteiger partial charge on any atom is -0.459 e. The molecular formula is C37H67NO13. The summed E-state index contributed by atoms with van der Waals surface area (Å²) in [5.74, 6) is -4.98. The molecule has 3 heterocycles. The van der Waals surface area contributed by atoms with Crippen molar-refractivity contribution in [2.24, 2.45) is 23.7 Å². The highest BCUT2D eigenvalue weighted by molar-refractivity contribution is 5.83. The van der Waals surface area contributed by atoms with Crippen LogP contribution in [0.4, 0.5) is 0 Å². The van der Waals surface area contributed by atoms with Gasteiger partial charge in [0, 0.05) is 37.3 Å². The quantitative estimate of drug-likeness (QED) is 0.238. The molecule has 3 fully saturated rings. The van der Waals surface area contributed by atoms with E-state index >= 15 is 0 Å². The molecule has 3 rings (SSSR count). The van der Waals surface area contributed by atoms with Crippen LogP contribution in [0.5, 0.6) is 0 Å². The van der Waals surface area contributed by atoms with Crippen LogP contribution in [-0.4, -0.2) is 148 Å². The minimum absolute atomic E-state index is 0.0936. The standard InChI is InChI=1S/C37H67NO13/c1-14-25-37(10,45)30(41)20(4)27(39)18(2)16-35(8,44)32(51-34-28(40)24(38(11)12)15-19(3)47-34)21(5)29(22(6)33(43)49-25)50-26-17-36(9,46-13)31(42)23(7)48-26/h18-26,28-32,34,40-42,44-45H,14-17H2,1-13H3/t18-,19?,20+,21+,22-,23-,24?,25-,26+,28?,29+,30-,31+,32-,34+,35-,36?,37-/m1/s1. The summed E-state index contributed by atoms with van der Waals surface area (Å²) in [7, 11) is 5.18. The van der Waals surface area contributed by atoms with Crippen LogP contribution in [0.2, 0.25) is 0 Å². The van der Waals surface area contributed by atoms with Gasteiger partial charge in [-0.1, -0.05) is 27.7 Å². The van der Waals surface area contributed by atoms with E-state index in [1.165, 1.54) is 27.9 Å². The van der Waals surface area contributed by atoms with Gasteiger partial charge in [0.05, 0.1) is 47.6 Å². The molecule has 3 saturated heterocycles. The van der Waals surface area contributed by atoms with Crippen LogP contribution in [0.1, 0.15) is 94.9 Å². The first kappa shape index (κ1) is 44.1. The van der Waals surface area contributed by atoms with Crippen molar-refractivity contribution in [2.45, 2.75) is 179 Å². The van der Waals surface area contributed by atoms with Crippen molar-refractivity contribution in [2.75, 3.05) is 21.2 Å². The molecule has 3 aliphatic rings. The normalized spacial score (nSPS) is 49.7. The lowest BCUT2D eigenvalue weighted by Crippen LogP contribution is -2.61. The highest BCUT2D eigenvalue weighted by Gasteiger charge is 2.53. The fourth-order valence-electron chi connectivity index (χ4n) is 8.41. The van der Waals surface area contributed by atoms with Gasteiger partial charge >= 0.3 is 5.97 Å². The van der Waals surface area contributed by atoms with E-state index < -0.39 is 108 Å². The van der Waals surface area contributed by atoms with Crippen molar-refractivity contribution in [1.29, 1.82) is 0 Å². The van der Waals surface area contributed by atoms with Crippen molar-refractivity contribution in [1.82, 2.24) is 4.90 Å². The smallest absolute Gasteiger partial charge is 0.311 e. The average molecular weight is 734 g/mol. The molecule has 5 N–H and O–H groups in total. The van der Waals surface area contributed by atoms with Gasteiger partial charge in [0.15, 0.2) is 12.6 Å². The molecule has 0 aromatic rings. The van der Waals surface area contributed by atoms with Crippen LogP contribution < -0.4 is 0 Å². The number of ketones is 1. The summed E-state index contributed by atoms with van der Waals surface area (Å²) in [4.78, 5) is 29.8. The Hall–Kier alpha value is -1.30. The van der Waals surface area contributed by atoms with Gasteiger partial charge in [-0.05, 0) is 74.9 Å². The van der Waals surface area contributed by atoms with E-state index in [0.29, 0.717) is 6.42 Å². The Labute approximate surface area is 304 Å². The maximum absolute atomic E-state index is 14.1. The van der Waals surface area contributed by atoms with E-state index in [1.807, 2.05) is 25.9 Å². The lowest BCUT2D eigenvalue weighted by Gasteiger charge is -2.49. The summed E-state index contributed by atoms with van der Waals surface area (Å²) in [5, 5.41) is 57.6. The third kappa shape index (κ3) is 9.51. The fourth-order valence-corrected chi connectivity index (χ4v) is 8.41. The highest BCUT2D eigenvalue weighted by atomic mass is 16.7. The maximum atomic E-state index is 14.1. The number of aliphatic hydroxyl groups is 5. The first-order valence-electron chi connectivity index (χ1n) is 18.5. The van der Waals surface area contributed by atoms with E-state index in [0.717, 1.165) is 0 Å². The van der Waals surface area contributed by atoms with Crippen molar-refractivity contribution < 1.29 is 63.5 Å². The van der Waals surface area contributed by atoms with Crippen molar-refractivity contribution in [3.05, 3.63) is 0 Å². The molecule has 0 amide bonds. The van der Waals surface area contributed by atoms with Crippen LogP contribution in [-0.2, 0) is 38.0 Å². The van der Waals surface area contributed by atoms with Crippen molar-refractivity contribution in [3.63, 3.8) is 0 Å². The monoisotopic (exact) mass is 733 g/mol.